The molecule has 98 valence electrons. The standard InChI is InChI=1S/C14H12Cl2N2O/c1-8-2-4-10(15)7-13(8)19-12-5-3-9(14(17)18)6-11(12)16/h2-7H,1H3,(H3,17,18). The molecule has 0 aliphatic rings. The molecule has 3 N–H and O–H groups in total. The minimum Gasteiger partial charge on any atom is -0.455 e. The molecule has 0 bridgehead atoms. The van der Waals surface area contributed by atoms with Crippen LogP contribution in [-0.4, -0.2) is 5.84 Å². The highest BCUT2D eigenvalue weighted by molar-refractivity contribution is 6.32. The molecule has 0 aromatic heterocycles. The summed E-state index contributed by atoms with van der Waals surface area (Å²) >= 11 is 12.0. The molecular weight excluding hydrogens is 283 g/mol. The van der Waals surface area contributed by atoms with Crippen LogP contribution >= 0.6 is 23.2 Å². The lowest BCUT2D eigenvalue weighted by Gasteiger charge is -2.11. The van der Waals surface area contributed by atoms with Crippen molar-refractivity contribution in [1.29, 1.82) is 5.41 Å². The van der Waals surface area contributed by atoms with Gasteiger partial charge in [0.2, 0.25) is 0 Å². The first-order valence-electron chi connectivity index (χ1n) is 5.55. The molecule has 0 heterocycles. The Kier molecular flexibility index (Phi) is 3.98. The third-order valence-corrected chi connectivity index (χ3v) is 3.14. The molecule has 3 nitrogen and oxygen atoms in total. The molecular formula is C14H12Cl2N2O. The van der Waals surface area contributed by atoms with Crippen LogP contribution in [0.1, 0.15) is 11.1 Å². The third kappa shape index (κ3) is 3.19. The molecule has 0 fully saturated rings. The van der Waals surface area contributed by atoms with E-state index in [1.165, 1.54) is 0 Å². The number of rotatable bonds is 3. The average molecular weight is 295 g/mol. The van der Waals surface area contributed by atoms with Gasteiger partial charge in [-0.1, -0.05) is 29.3 Å². The molecule has 0 saturated carbocycles. The van der Waals surface area contributed by atoms with Gasteiger partial charge in [0.05, 0.1) is 5.02 Å². The number of halogens is 2. The van der Waals surface area contributed by atoms with E-state index in [-0.39, 0.29) is 5.84 Å². The Morgan fingerprint density at radius 2 is 1.84 bits per heavy atom. The van der Waals surface area contributed by atoms with Gasteiger partial charge in [-0.3, -0.25) is 5.41 Å². The molecule has 0 aliphatic heterocycles. The Morgan fingerprint density at radius 1 is 1.11 bits per heavy atom. The molecule has 0 amide bonds. The van der Waals surface area contributed by atoms with Gasteiger partial charge in [0.1, 0.15) is 17.3 Å². The number of aryl methyl sites for hydroxylation is 1. The normalized spacial score (nSPS) is 10.3. The van der Waals surface area contributed by atoms with Crippen molar-refractivity contribution < 1.29 is 4.74 Å². The molecule has 19 heavy (non-hydrogen) atoms. The Bertz CT molecular complexity index is 641. The summed E-state index contributed by atoms with van der Waals surface area (Å²) in [5.41, 5.74) is 6.91. The highest BCUT2D eigenvalue weighted by Gasteiger charge is 2.08. The molecule has 5 heteroatoms. The number of benzene rings is 2. The van der Waals surface area contributed by atoms with Crippen LogP contribution in [0.15, 0.2) is 36.4 Å². The molecule has 2 rings (SSSR count). The quantitative estimate of drug-likeness (QED) is 0.652. The van der Waals surface area contributed by atoms with Gasteiger partial charge in [0, 0.05) is 10.6 Å². The second-order valence-corrected chi connectivity index (χ2v) is 4.91. The lowest BCUT2D eigenvalue weighted by atomic mass is 10.2. The smallest absolute Gasteiger partial charge is 0.146 e. The van der Waals surface area contributed by atoms with Crippen molar-refractivity contribution in [1.82, 2.24) is 0 Å². The Morgan fingerprint density at radius 3 is 2.47 bits per heavy atom. The van der Waals surface area contributed by atoms with Crippen LogP contribution in [-0.2, 0) is 0 Å². The van der Waals surface area contributed by atoms with E-state index in [1.807, 2.05) is 13.0 Å². The predicted octanol–water partition coefficient (Wildman–Crippen LogP) is 4.38. The van der Waals surface area contributed by atoms with Gasteiger partial charge in [-0.2, -0.15) is 0 Å². The Hall–Kier alpha value is -1.71. The molecule has 0 unspecified atom stereocenters. The maximum absolute atomic E-state index is 7.35. The lowest BCUT2D eigenvalue weighted by molar-refractivity contribution is 0.479. The van der Waals surface area contributed by atoms with Crippen molar-refractivity contribution in [3.05, 3.63) is 57.6 Å². The van der Waals surface area contributed by atoms with Gasteiger partial charge >= 0.3 is 0 Å². The van der Waals surface area contributed by atoms with E-state index < -0.39 is 0 Å². The topological polar surface area (TPSA) is 59.1 Å². The first kappa shape index (κ1) is 13.7. The van der Waals surface area contributed by atoms with Gasteiger partial charge in [-0.25, -0.2) is 0 Å². The summed E-state index contributed by atoms with van der Waals surface area (Å²) in [4.78, 5) is 0. The molecule has 0 radical (unpaired) electrons. The Labute approximate surface area is 121 Å². The summed E-state index contributed by atoms with van der Waals surface area (Å²) in [6.45, 7) is 1.92. The third-order valence-electron chi connectivity index (χ3n) is 2.61. The zero-order chi connectivity index (χ0) is 14.0. The van der Waals surface area contributed by atoms with Crippen LogP contribution in [0.5, 0.6) is 11.5 Å². The molecule has 2 aromatic rings. The van der Waals surface area contributed by atoms with Crippen LogP contribution in [0.2, 0.25) is 10.0 Å². The SMILES string of the molecule is Cc1ccc(Cl)cc1Oc1ccc(C(=N)N)cc1Cl. The van der Waals surface area contributed by atoms with Gasteiger partial charge < -0.3 is 10.5 Å². The number of hydrogen-bond donors (Lipinski definition) is 2. The number of nitrogen functional groups attached to an aromatic ring is 1. The number of nitrogens with two attached hydrogens (primary N) is 1. The maximum atomic E-state index is 7.35. The van der Waals surface area contributed by atoms with Crippen molar-refractivity contribution in [2.24, 2.45) is 5.73 Å². The molecule has 0 atom stereocenters. The summed E-state index contributed by atoms with van der Waals surface area (Å²) in [5, 5.41) is 8.34. The van der Waals surface area contributed by atoms with Crippen LogP contribution in [0.3, 0.4) is 0 Å². The first-order valence-corrected chi connectivity index (χ1v) is 6.31. The fourth-order valence-corrected chi connectivity index (χ4v) is 1.93. The average Bonchev–Trinajstić information content (AvgIpc) is 2.36. The summed E-state index contributed by atoms with van der Waals surface area (Å²) in [5.74, 6) is 1.11. The zero-order valence-corrected chi connectivity index (χ0v) is 11.7. The second kappa shape index (κ2) is 5.51. The van der Waals surface area contributed by atoms with E-state index in [4.69, 9.17) is 39.1 Å². The summed E-state index contributed by atoms with van der Waals surface area (Å²) in [6, 6.07) is 10.4. The molecule has 0 spiro atoms. The fraction of sp³-hybridized carbons (Fsp3) is 0.0714. The summed E-state index contributed by atoms with van der Waals surface area (Å²) in [6.07, 6.45) is 0. The van der Waals surface area contributed by atoms with E-state index in [9.17, 15) is 0 Å². The van der Waals surface area contributed by atoms with Crippen LogP contribution in [0.4, 0.5) is 0 Å². The highest BCUT2D eigenvalue weighted by Crippen LogP contribution is 2.33. The van der Waals surface area contributed by atoms with Crippen LogP contribution < -0.4 is 10.5 Å². The van der Waals surface area contributed by atoms with E-state index >= 15 is 0 Å². The second-order valence-electron chi connectivity index (χ2n) is 4.07. The van der Waals surface area contributed by atoms with Crippen molar-refractivity contribution >= 4 is 29.0 Å². The van der Waals surface area contributed by atoms with Crippen molar-refractivity contribution in [2.75, 3.05) is 0 Å². The van der Waals surface area contributed by atoms with E-state index in [2.05, 4.69) is 0 Å². The largest absolute Gasteiger partial charge is 0.455 e. The minimum absolute atomic E-state index is 0.0348. The van der Waals surface area contributed by atoms with Crippen LogP contribution in [0.25, 0.3) is 0 Å². The minimum atomic E-state index is -0.0348. The fourth-order valence-electron chi connectivity index (χ4n) is 1.55. The van der Waals surface area contributed by atoms with E-state index in [0.29, 0.717) is 27.1 Å². The predicted molar refractivity (Wildman–Crippen MR) is 78.7 cm³/mol. The number of ether oxygens (including phenoxy) is 1. The number of hydrogen-bond acceptors (Lipinski definition) is 2. The van der Waals surface area contributed by atoms with Gasteiger partial charge in [0.15, 0.2) is 0 Å². The van der Waals surface area contributed by atoms with Crippen LogP contribution in [0, 0.1) is 12.3 Å². The van der Waals surface area contributed by atoms with Crippen molar-refractivity contribution in [3.63, 3.8) is 0 Å². The van der Waals surface area contributed by atoms with Gasteiger partial charge in [0.25, 0.3) is 0 Å². The molecule has 2 aromatic carbocycles. The molecule has 0 aliphatic carbocycles. The van der Waals surface area contributed by atoms with Crippen molar-refractivity contribution in [2.45, 2.75) is 6.92 Å². The van der Waals surface area contributed by atoms with E-state index in [1.54, 1.807) is 30.3 Å². The van der Waals surface area contributed by atoms with E-state index in [0.717, 1.165) is 5.56 Å². The number of amidine groups is 1. The zero-order valence-electron chi connectivity index (χ0n) is 10.2. The maximum Gasteiger partial charge on any atom is 0.146 e. The number of nitrogens with one attached hydrogen (secondary N) is 1. The van der Waals surface area contributed by atoms with Crippen molar-refractivity contribution in [3.8, 4) is 11.5 Å². The molecule has 0 saturated heterocycles. The summed E-state index contributed by atoms with van der Waals surface area (Å²) < 4.78 is 5.73. The Balaban J connectivity index is 2.33. The first-order chi connectivity index (χ1) is 8.97. The highest BCUT2D eigenvalue weighted by atomic mass is 35.5. The summed E-state index contributed by atoms with van der Waals surface area (Å²) in [7, 11) is 0. The van der Waals surface area contributed by atoms with Gasteiger partial charge in [-0.05, 0) is 42.8 Å². The lowest BCUT2D eigenvalue weighted by Crippen LogP contribution is -2.10. The van der Waals surface area contributed by atoms with Gasteiger partial charge in [-0.15, -0.1) is 0 Å². The monoisotopic (exact) mass is 294 g/mol.